The van der Waals surface area contributed by atoms with Gasteiger partial charge in [-0.3, -0.25) is 4.79 Å². The van der Waals surface area contributed by atoms with Gasteiger partial charge in [-0.25, -0.2) is 4.98 Å². The highest BCUT2D eigenvalue weighted by molar-refractivity contribution is 7.15. The highest BCUT2D eigenvalue weighted by atomic mass is 32.1. The topological polar surface area (TPSA) is 53.4 Å². The Labute approximate surface area is 187 Å². The molecular weight excluding hydrogens is 412 g/mol. The van der Waals surface area contributed by atoms with E-state index in [-0.39, 0.29) is 35.0 Å². The molecule has 0 spiro atoms. The molecular formula is C24H32N2O2S2. The number of rotatable bonds is 3. The van der Waals surface area contributed by atoms with Gasteiger partial charge >= 0.3 is 0 Å². The standard InChI is InChI=1S/C24H32N2O2S2/c1-14(23(28)26-9-4-5-10-26)17-6-8-24(3)12-18-20(15(2)19(24)21(17)27)25-22(30-18)16-7-11-29-13-16/h7,11,13-15,17,19,21,27H,4-6,8-10,12H2,1-3H3/t14-,15-,17-,19+,21-,24-/m0/s1. The Balaban J connectivity index is 1.42. The van der Waals surface area contributed by atoms with Gasteiger partial charge in [-0.05, 0) is 60.8 Å². The molecule has 0 radical (unpaired) electrons. The zero-order valence-electron chi connectivity index (χ0n) is 18.1. The number of thiophene rings is 1. The number of thiazole rings is 1. The lowest BCUT2D eigenvalue weighted by Gasteiger charge is -2.53. The molecule has 2 aromatic heterocycles. The number of hydrogen-bond acceptors (Lipinski definition) is 5. The minimum absolute atomic E-state index is 0.0511. The molecule has 1 N–H and O–H groups in total. The van der Waals surface area contributed by atoms with Crippen molar-refractivity contribution < 1.29 is 9.90 Å². The van der Waals surface area contributed by atoms with Crippen LogP contribution in [-0.4, -0.2) is 40.1 Å². The smallest absolute Gasteiger partial charge is 0.225 e. The molecule has 0 bridgehead atoms. The zero-order valence-corrected chi connectivity index (χ0v) is 19.8. The predicted molar refractivity (Wildman–Crippen MR) is 123 cm³/mol. The first-order valence-corrected chi connectivity index (χ1v) is 13.1. The summed E-state index contributed by atoms with van der Waals surface area (Å²) in [5.41, 5.74) is 2.47. The van der Waals surface area contributed by atoms with E-state index in [2.05, 4.69) is 30.7 Å². The highest BCUT2D eigenvalue weighted by Crippen LogP contribution is 2.57. The summed E-state index contributed by atoms with van der Waals surface area (Å²) in [4.78, 5) is 21.5. The van der Waals surface area contributed by atoms with E-state index in [0.717, 1.165) is 50.2 Å². The Morgan fingerprint density at radius 3 is 2.83 bits per heavy atom. The largest absolute Gasteiger partial charge is 0.392 e. The molecule has 0 unspecified atom stereocenters. The van der Waals surface area contributed by atoms with Crippen molar-refractivity contribution >= 4 is 28.6 Å². The number of carbonyl (C=O) groups is 1. The summed E-state index contributed by atoms with van der Waals surface area (Å²) in [6.45, 7) is 8.42. The maximum Gasteiger partial charge on any atom is 0.225 e. The van der Waals surface area contributed by atoms with Crippen molar-refractivity contribution in [1.82, 2.24) is 9.88 Å². The van der Waals surface area contributed by atoms with Crippen LogP contribution in [0.3, 0.4) is 0 Å². The molecule has 6 heteroatoms. The first kappa shape index (κ1) is 20.7. The van der Waals surface area contributed by atoms with Gasteiger partial charge in [0.25, 0.3) is 0 Å². The van der Waals surface area contributed by atoms with Crippen molar-refractivity contribution in [2.24, 2.45) is 23.2 Å². The molecule has 6 atom stereocenters. The summed E-state index contributed by atoms with van der Waals surface area (Å²) >= 11 is 3.54. The van der Waals surface area contributed by atoms with E-state index in [1.807, 2.05) is 23.2 Å². The fourth-order valence-corrected chi connectivity index (χ4v) is 8.54. The number of aliphatic hydroxyl groups excluding tert-OH is 1. The third-order valence-electron chi connectivity index (χ3n) is 8.14. The molecule has 0 aromatic carbocycles. The van der Waals surface area contributed by atoms with Crippen LogP contribution < -0.4 is 0 Å². The van der Waals surface area contributed by atoms with Crippen LogP contribution in [0, 0.1) is 23.2 Å². The Morgan fingerprint density at radius 1 is 1.37 bits per heavy atom. The number of fused-ring (bicyclic) bond motifs is 2. The van der Waals surface area contributed by atoms with E-state index in [1.165, 1.54) is 16.1 Å². The van der Waals surface area contributed by atoms with Gasteiger partial charge in [0, 0.05) is 40.7 Å². The molecule has 1 aliphatic heterocycles. The summed E-state index contributed by atoms with van der Waals surface area (Å²) in [5.74, 6) is 0.574. The number of carbonyl (C=O) groups excluding carboxylic acids is 1. The SMILES string of the molecule is C[C@H](C(=O)N1CCCC1)[C@@H]1CC[C@@]2(C)Cc3sc(-c4ccsc4)nc3[C@@H](C)[C@@H]2[C@H]1O. The summed E-state index contributed by atoms with van der Waals surface area (Å²) in [6.07, 6.45) is 4.79. The predicted octanol–water partition coefficient (Wildman–Crippen LogP) is 5.18. The fraction of sp³-hybridized carbons (Fsp3) is 0.667. The summed E-state index contributed by atoms with van der Waals surface area (Å²) in [7, 11) is 0. The third kappa shape index (κ3) is 3.26. The van der Waals surface area contributed by atoms with Gasteiger partial charge in [0.05, 0.1) is 11.8 Å². The molecule has 1 saturated carbocycles. The Kier molecular flexibility index (Phi) is 5.31. The van der Waals surface area contributed by atoms with Gasteiger partial charge in [0.1, 0.15) is 5.01 Å². The highest BCUT2D eigenvalue weighted by Gasteiger charge is 2.54. The number of hydrogen-bond donors (Lipinski definition) is 1. The van der Waals surface area contributed by atoms with E-state index in [1.54, 1.807) is 11.3 Å². The molecule has 2 aromatic rings. The number of nitrogens with zero attached hydrogens (tertiary/aromatic N) is 2. The van der Waals surface area contributed by atoms with Crippen molar-refractivity contribution in [1.29, 1.82) is 0 Å². The van der Waals surface area contributed by atoms with Gasteiger partial charge in [-0.1, -0.05) is 20.8 Å². The number of amides is 1. The average molecular weight is 445 g/mol. The molecule has 2 aliphatic carbocycles. The first-order chi connectivity index (χ1) is 14.4. The second kappa shape index (κ2) is 7.72. The molecule has 162 valence electrons. The maximum absolute atomic E-state index is 13.0. The van der Waals surface area contributed by atoms with E-state index >= 15 is 0 Å². The van der Waals surface area contributed by atoms with E-state index in [4.69, 9.17) is 4.98 Å². The molecule has 30 heavy (non-hydrogen) atoms. The second-order valence-electron chi connectivity index (χ2n) is 10.00. The minimum atomic E-state index is -0.445. The fourth-order valence-electron chi connectivity index (χ4n) is 6.46. The van der Waals surface area contributed by atoms with Crippen LogP contribution in [0.1, 0.15) is 62.9 Å². The van der Waals surface area contributed by atoms with Crippen molar-refractivity contribution in [2.75, 3.05) is 13.1 Å². The summed E-state index contributed by atoms with van der Waals surface area (Å²) in [6, 6.07) is 2.14. The molecule has 5 rings (SSSR count). The zero-order chi connectivity index (χ0) is 21.0. The number of aromatic nitrogens is 1. The van der Waals surface area contributed by atoms with Crippen molar-refractivity contribution in [3.05, 3.63) is 27.4 Å². The van der Waals surface area contributed by atoms with Gasteiger partial charge in [0.15, 0.2) is 0 Å². The molecule has 3 aliphatic rings. The molecule has 1 saturated heterocycles. The lowest BCUT2D eigenvalue weighted by atomic mass is 9.53. The van der Waals surface area contributed by atoms with Crippen molar-refractivity contribution in [3.8, 4) is 10.6 Å². The van der Waals surface area contributed by atoms with Crippen LogP contribution in [0.5, 0.6) is 0 Å². The molecule has 2 fully saturated rings. The van der Waals surface area contributed by atoms with Gasteiger partial charge < -0.3 is 10.0 Å². The second-order valence-corrected chi connectivity index (χ2v) is 11.9. The minimum Gasteiger partial charge on any atom is -0.392 e. The van der Waals surface area contributed by atoms with Gasteiger partial charge in [-0.15, -0.1) is 11.3 Å². The maximum atomic E-state index is 13.0. The average Bonchev–Trinajstić information content (AvgIpc) is 3.46. The summed E-state index contributed by atoms with van der Waals surface area (Å²) in [5, 5.41) is 17.0. The lowest BCUT2D eigenvalue weighted by molar-refractivity contribution is -0.143. The molecule has 1 amide bonds. The van der Waals surface area contributed by atoms with Gasteiger partial charge in [0.2, 0.25) is 5.91 Å². The van der Waals surface area contributed by atoms with E-state index in [9.17, 15) is 9.90 Å². The van der Waals surface area contributed by atoms with Crippen molar-refractivity contribution in [2.45, 2.75) is 64.9 Å². The Morgan fingerprint density at radius 2 is 2.13 bits per heavy atom. The molecule has 4 nitrogen and oxygen atoms in total. The Bertz CT molecular complexity index is 918. The van der Waals surface area contributed by atoms with Crippen LogP contribution >= 0.6 is 22.7 Å². The molecule has 3 heterocycles. The quantitative estimate of drug-likeness (QED) is 0.709. The summed E-state index contributed by atoms with van der Waals surface area (Å²) < 4.78 is 0. The van der Waals surface area contributed by atoms with Crippen LogP contribution in [0.2, 0.25) is 0 Å². The van der Waals surface area contributed by atoms with Crippen LogP contribution in [0.25, 0.3) is 10.6 Å². The van der Waals surface area contributed by atoms with Crippen LogP contribution in [-0.2, 0) is 11.2 Å². The monoisotopic (exact) mass is 444 g/mol. The normalized spacial score (nSPS) is 34.5. The number of aliphatic hydroxyl groups is 1. The van der Waals surface area contributed by atoms with Gasteiger partial charge in [-0.2, -0.15) is 11.3 Å². The Hall–Kier alpha value is -1.24. The lowest BCUT2D eigenvalue weighted by Crippen LogP contribution is -2.53. The van der Waals surface area contributed by atoms with Crippen LogP contribution in [0.4, 0.5) is 0 Å². The first-order valence-electron chi connectivity index (χ1n) is 11.4. The van der Waals surface area contributed by atoms with E-state index < -0.39 is 6.10 Å². The number of likely N-dealkylation sites (tertiary alicyclic amines) is 1. The third-order valence-corrected chi connectivity index (χ3v) is 9.94. The van der Waals surface area contributed by atoms with Crippen LogP contribution in [0.15, 0.2) is 16.8 Å². The van der Waals surface area contributed by atoms with E-state index in [0.29, 0.717) is 0 Å². The van der Waals surface area contributed by atoms with Crippen molar-refractivity contribution in [3.63, 3.8) is 0 Å².